The molecule has 28 heavy (non-hydrogen) atoms. The highest BCUT2D eigenvalue weighted by Crippen LogP contribution is 2.32. The molecule has 4 rings (SSSR count). The number of pyridine rings is 1. The Hall–Kier alpha value is -2.86. The predicted molar refractivity (Wildman–Crippen MR) is 113 cm³/mol. The molecule has 0 atom stereocenters. The van der Waals surface area contributed by atoms with Crippen molar-refractivity contribution in [1.82, 2.24) is 4.98 Å². The molecule has 1 aliphatic heterocycles. The van der Waals surface area contributed by atoms with Gasteiger partial charge in [-0.05, 0) is 55.7 Å². The first kappa shape index (κ1) is 18.5. The van der Waals surface area contributed by atoms with Gasteiger partial charge in [-0.1, -0.05) is 36.4 Å². The maximum Gasteiger partial charge on any atom is 0.265 e. The molecule has 0 saturated carbocycles. The van der Waals surface area contributed by atoms with E-state index in [0.29, 0.717) is 12.2 Å². The van der Waals surface area contributed by atoms with Gasteiger partial charge in [0.2, 0.25) is 0 Å². The first-order chi connectivity index (χ1) is 13.6. The number of anilines is 3. The van der Waals surface area contributed by atoms with E-state index in [4.69, 9.17) is 0 Å². The van der Waals surface area contributed by atoms with E-state index in [0.717, 1.165) is 30.9 Å². The fourth-order valence-electron chi connectivity index (χ4n) is 3.67. The first-order valence-corrected chi connectivity index (χ1v) is 10.9. The number of fused-ring (bicyclic) bond motifs is 1. The molecular formula is C22H23N3O2S. The van der Waals surface area contributed by atoms with Crippen molar-refractivity contribution in [3.8, 4) is 0 Å². The van der Waals surface area contributed by atoms with Crippen LogP contribution in [0.4, 0.5) is 17.2 Å². The van der Waals surface area contributed by atoms with Gasteiger partial charge in [-0.2, -0.15) is 0 Å². The van der Waals surface area contributed by atoms with Crippen LogP contribution in [0.1, 0.15) is 18.9 Å². The number of rotatable bonds is 5. The van der Waals surface area contributed by atoms with Gasteiger partial charge in [-0.3, -0.25) is 4.31 Å². The van der Waals surface area contributed by atoms with Crippen molar-refractivity contribution in [2.45, 2.75) is 24.7 Å². The van der Waals surface area contributed by atoms with Gasteiger partial charge in [0.05, 0.1) is 5.69 Å². The summed E-state index contributed by atoms with van der Waals surface area (Å²) >= 11 is 0. The molecule has 0 N–H and O–H groups in total. The monoisotopic (exact) mass is 393 g/mol. The van der Waals surface area contributed by atoms with Crippen LogP contribution < -0.4 is 9.21 Å². The Balaban J connectivity index is 1.65. The molecule has 0 spiro atoms. The SMILES string of the molecule is CCN(c1ccccc1)S(=O)(=O)c1ccc(N2CCCc3ccccc32)nc1. The van der Waals surface area contributed by atoms with Gasteiger partial charge in [0.25, 0.3) is 10.0 Å². The molecule has 0 fully saturated rings. The molecule has 0 unspecified atom stereocenters. The van der Waals surface area contributed by atoms with Crippen molar-refractivity contribution in [2.24, 2.45) is 0 Å². The highest BCUT2D eigenvalue weighted by molar-refractivity contribution is 7.92. The van der Waals surface area contributed by atoms with Crippen LogP contribution in [0.2, 0.25) is 0 Å². The fourth-order valence-corrected chi connectivity index (χ4v) is 5.09. The summed E-state index contributed by atoms with van der Waals surface area (Å²) in [5, 5.41) is 0. The third kappa shape index (κ3) is 3.36. The van der Waals surface area contributed by atoms with Crippen molar-refractivity contribution in [3.05, 3.63) is 78.5 Å². The fraction of sp³-hybridized carbons (Fsp3) is 0.227. The van der Waals surface area contributed by atoms with E-state index >= 15 is 0 Å². The van der Waals surface area contributed by atoms with Gasteiger partial charge >= 0.3 is 0 Å². The van der Waals surface area contributed by atoms with Gasteiger partial charge in [-0.25, -0.2) is 13.4 Å². The standard InChI is InChI=1S/C22H23N3O2S/c1-2-25(19-11-4-3-5-12-19)28(26,27)20-14-15-22(23-17-20)24-16-8-10-18-9-6-7-13-21(18)24/h3-7,9,11-15,17H,2,8,10,16H2,1H3. The van der Waals surface area contributed by atoms with Crippen molar-refractivity contribution >= 4 is 27.2 Å². The molecule has 1 aromatic heterocycles. The zero-order valence-corrected chi connectivity index (χ0v) is 16.6. The molecule has 5 nitrogen and oxygen atoms in total. The highest BCUT2D eigenvalue weighted by atomic mass is 32.2. The molecule has 2 heterocycles. The molecule has 0 bridgehead atoms. The maximum absolute atomic E-state index is 13.1. The molecular weight excluding hydrogens is 370 g/mol. The van der Waals surface area contributed by atoms with Crippen molar-refractivity contribution in [1.29, 1.82) is 0 Å². The summed E-state index contributed by atoms with van der Waals surface area (Å²) < 4.78 is 27.6. The molecule has 3 aromatic rings. The Morgan fingerprint density at radius 3 is 2.46 bits per heavy atom. The van der Waals surface area contributed by atoms with Crippen LogP contribution in [0.3, 0.4) is 0 Å². The summed E-state index contributed by atoms with van der Waals surface area (Å²) in [7, 11) is -3.66. The molecule has 0 saturated heterocycles. The predicted octanol–water partition coefficient (Wildman–Crippen LogP) is 4.38. The van der Waals surface area contributed by atoms with Crippen LogP contribution >= 0.6 is 0 Å². The number of hydrogen-bond donors (Lipinski definition) is 0. The molecule has 0 aliphatic carbocycles. The summed E-state index contributed by atoms with van der Waals surface area (Å²) in [6.45, 7) is 3.06. The Morgan fingerprint density at radius 2 is 1.75 bits per heavy atom. The molecule has 0 amide bonds. The van der Waals surface area contributed by atoms with E-state index in [2.05, 4.69) is 22.0 Å². The Labute approximate surface area is 166 Å². The Morgan fingerprint density at radius 1 is 1.00 bits per heavy atom. The quantitative estimate of drug-likeness (QED) is 0.645. The van der Waals surface area contributed by atoms with Gasteiger partial charge in [0, 0.05) is 25.0 Å². The van der Waals surface area contributed by atoms with Crippen LogP contribution in [0.15, 0.2) is 77.8 Å². The van der Waals surface area contributed by atoms with E-state index in [1.54, 1.807) is 24.3 Å². The Bertz CT molecular complexity index is 1050. The number of hydrogen-bond acceptors (Lipinski definition) is 4. The lowest BCUT2D eigenvalue weighted by Gasteiger charge is -2.30. The number of sulfonamides is 1. The summed E-state index contributed by atoms with van der Waals surface area (Å²) in [5.74, 6) is 0.772. The molecule has 144 valence electrons. The maximum atomic E-state index is 13.1. The third-order valence-corrected chi connectivity index (χ3v) is 6.91. The number of aryl methyl sites for hydroxylation is 1. The van der Waals surface area contributed by atoms with Crippen molar-refractivity contribution < 1.29 is 8.42 Å². The minimum atomic E-state index is -3.66. The van der Waals surface area contributed by atoms with Gasteiger partial charge in [-0.15, -0.1) is 0 Å². The van der Waals surface area contributed by atoms with Crippen LogP contribution in [0, 0.1) is 0 Å². The van der Waals surface area contributed by atoms with Crippen molar-refractivity contribution in [2.75, 3.05) is 22.3 Å². The largest absolute Gasteiger partial charge is 0.326 e. The van der Waals surface area contributed by atoms with E-state index in [9.17, 15) is 8.42 Å². The topological polar surface area (TPSA) is 53.5 Å². The van der Waals surface area contributed by atoms with Gasteiger partial charge in [0.15, 0.2) is 0 Å². The van der Waals surface area contributed by atoms with E-state index < -0.39 is 10.0 Å². The number of benzene rings is 2. The lowest BCUT2D eigenvalue weighted by molar-refractivity contribution is 0.591. The summed E-state index contributed by atoms with van der Waals surface area (Å²) in [4.78, 5) is 6.86. The molecule has 0 radical (unpaired) electrons. The lowest BCUT2D eigenvalue weighted by atomic mass is 10.0. The smallest absolute Gasteiger partial charge is 0.265 e. The second-order valence-corrected chi connectivity index (χ2v) is 8.60. The third-order valence-electron chi connectivity index (χ3n) is 5.03. The average molecular weight is 394 g/mol. The zero-order chi connectivity index (χ0) is 19.6. The summed E-state index contributed by atoms with van der Waals surface area (Å²) in [6, 6.07) is 20.9. The Kier molecular flexibility index (Phi) is 5.05. The number of aromatic nitrogens is 1. The summed E-state index contributed by atoms with van der Waals surface area (Å²) in [6.07, 6.45) is 3.57. The normalized spacial score (nSPS) is 13.8. The summed E-state index contributed by atoms with van der Waals surface area (Å²) in [5.41, 5.74) is 3.10. The highest BCUT2D eigenvalue weighted by Gasteiger charge is 2.25. The van der Waals surface area contributed by atoms with Gasteiger partial charge < -0.3 is 4.90 Å². The minimum Gasteiger partial charge on any atom is -0.326 e. The van der Waals surface area contributed by atoms with E-state index in [-0.39, 0.29) is 4.90 Å². The van der Waals surface area contributed by atoms with Crippen molar-refractivity contribution in [3.63, 3.8) is 0 Å². The van der Waals surface area contributed by atoms with Crippen LogP contribution in [-0.4, -0.2) is 26.5 Å². The van der Waals surface area contributed by atoms with E-state index in [1.165, 1.54) is 16.1 Å². The average Bonchev–Trinajstić information content (AvgIpc) is 2.74. The molecule has 1 aliphatic rings. The van der Waals surface area contributed by atoms with E-state index in [1.807, 2.05) is 37.3 Å². The second kappa shape index (κ2) is 7.64. The zero-order valence-electron chi connectivity index (χ0n) is 15.8. The first-order valence-electron chi connectivity index (χ1n) is 9.50. The number of para-hydroxylation sites is 2. The molecule has 2 aromatic carbocycles. The van der Waals surface area contributed by atoms with Crippen LogP contribution in [0.5, 0.6) is 0 Å². The van der Waals surface area contributed by atoms with Crippen LogP contribution in [0.25, 0.3) is 0 Å². The number of nitrogens with zero attached hydrogens (tertiary/aromatic N) is 3. The van der Waals surface area contributed by atoms with Gasteiger partial charge in [0.1, 0.15) is 10.7 Å². The minimum absolute atomic E-state index is 0.201. The second-order valence-electron chi connectivity index (χ2n) is 6.74. The van der Waals surface area contributed by atoms with Crippen LogP contribution in [-0.2, 0) is 16.4 Å². The molecule has 6 heteroatoms. The lowest BCUT2D eigenvalue weighted by Crippen LogP contribution is -2.31.